The number of nitrogens with one attached hydrogen (secondary N) is 1. The Morgan fingerprint density at radius 1 is 1.57 bits per heavy atom. The van der Waals surface area contributed by atoms with Crippen molar-refractivity contribution >= 4 is 56.3 Å². The molecular formula is C17H19BrClN5O4S2. The van der Waals surface area contributed by atoms with Gasteiger partial charge in [-0.15, -0.1) is 11.3 Å². The Kier molecular flexibility index (Phi) is 9.79. The zero-order chi connectivity index (χ0) is 22.3. The number of aliphatic hydroxyl groups excluding tert-OH is 3. The fraction of sp³-hybridized carbons (Fsp3) is 0.353. The quantitative estimate of drug-likeness (QED) is 0.224. The predicted molar refractivity (Wildman–Crippen MR) is 118 cm³/mol. The van der Waals surface area contributed by atoms with Gasteiger partial charge in [-0.1, -0.05) is 23.4 Å². The highest BCUT2D eigenvalue weighted by Crippen LogP contribution is 2.30. The van der Waals surface area contributed by atoms with E-state index in [9.17, 15) is 15.3 Å². The van der Waals surface area contributed by atoms with Gasteiger partial charge in [-0.25, -0.2) is 9.97 Å². The van der Waals surface area contributed by atoms with Gasteiger partial charge < -0.3 is 31.1 Å². The molecule has 2 aromatic rings. The molecule has 0 amide bonds. The molecule has 0 radical (unpaired) electrons. The SMILES string of the molecule is CC(O)C(CO)OC(Sc1cnc(C#N)c(Br)c1)C(O)N/C=C(\N)c1nc(Cl)cs1. The monoisotopic (exact) mass is 535 g/mol. The molecule has 0 bridgehead atoms. The Bertz CT molecular complexity index is 924. The van der Waals surface area contributed by atoms with Crippen LogP contribution in [0.15, 0.2) is 33.2 Å². The van der Waals surface area contributed by atoms with Crippen molar-refractivity contribution in [2.45, 2.75) is 35.7 Å². The van der Waals surface area contributed by atoms with Crippen molar-refractivity contribution in [2.24, 2.45) is 5.73 Å². The Balaban J connectivity index is 2.19. The molecule has 2 aromatic heterocycles. The molecule has 0 saturated heterocycles. The highest BCUT2D eigenvalue weighted by molar-refractivity contribution is 9.10. The summed E-state index contributed by atoms with van der Waals surface area (Å²) in [4.78, 5) is 8.64. The molecule has 9 nitrogen and oxygen atoms in total. The van der Waals surface area contributed by atoms with Crippen LogP contribution in [-0.4, -0.2) is 55.8 Å². The van der Waals surface area contributed by atoms with Crippen LogP contribution in [0.5, 0.6) is 0 Å². The van der Waals surface area contributed by atoms with E-state index in [1.54, 1.807) is 11.4 Å². The van der Waals surface area contributed by atoms with Gasteiger partial charge >= 0.3 is 0 Å². The first-order valence-corrected chi connectivity index (χ1v) is 11.4. The zero-order valence-electron chi connectivity index (χ0n) is 15.6. The molecule has 162 valence electrons. The van der Waals surface area contributed by atoms with E-state index in [0.717, 1.165) is 11.8 Å². The highest BCUT2D eigenvalue weighted by Gasteiger charge is 2.27. The maximum atomic E-state index is 10.6. The summed E-state index contributed by atoms with van der Waals surface area (Å²) in [5.41, 5.74) is 5.44. The Morgan fingerprint density at radius 2 is 2.30 bits per heavy atom. The summed E-state index contributed by atoms with van der Waals surface area (Å²) < 4.78 is 6.19. The molecule has 4 unspecified atom stereocenters. The van der Waals surface area contributed by atoms with Gasteiger partial charge in [-0.05, 0) is 28.9 Å². The number of hydrogen-bond donors (Lipinski definition) is 5. The van der Waals surface area contributed by atoms with Crippen LogP contribution < -0.4 is 11.1 Å². The van der Waals surface area contributed by atoms with Gasteiger partial charge in [0.15, 0.2) is 17.4 Å². The average molecular weight is 537 g/mol. The molecule has 0 aromatic carbocycles. The van der Waals surface area contributed by atoms with Gasteiger partial charge in [0.25, 0.3) is 0 Å². The molecule has 0 fully saturated rings. The molecule has 0 saturated carbocycles. The van der Waals surface area contributed by atoms with E-state index in [1.165, 1.54) is 30.7 Å². The van der Waals surface area contributed by atoms with E-state index in [2.05, 4.69) is 31.2 Å². The molecule has 4 atom stereocenters. The van der Waals surface area contributed by atoms with Crippen LogP contribution in [0.3, 0.4) is 0 Å². The summed E-state index contributed by atoms with van der Waals surface area (Å²) in [5.74, 6) is 0. The van der Waals surface area contributed by atoms with E-state index >= 15 is 0 Å². The van der Waals surface area contributed by atoms with Crippen LogP contribution in [0.25, 0.3) is 5.70 Å². The van der Waals surface area contributed by atoms with Crippen LogP contribution in [-0.2, 0) is 4.74 Å². The molecule has 2 heterocycles. The summed E-state index contributed by atoms with van der Waals surface area (Å²) in [6, 6.07) is 3.59. The minimum absolute atomic E-state index is 0.213. The number of hydrogen-bond acceptors (Lipinski definition) is 11. The maximum absolute atomic E-state index is 10.6. The molecule has 30 heavy (non-hydrogen) atoms. The Labute approximate surface area is 194 Å². The average Bonchev–Trinajstić information content (AvgIpc) is 3.15. The fourth-order valence-electron chi connectivity index (χ4n) is 2.05. The molecule has 6 N–H and O–H groups in total. The topological polar surface area (TPSA) is 158 Å². The van der Waals surface area contributed by atoms with Gasteiger partial charge in [-0.2, -0.15) is 5.26 Å². The number of aliphatic hydroxyl groups is 3. The van der Waals surface area contributed by atoms with E-state index in [4.69, 9.17) is 27.3 Å². The molecule has 0 aliphatic carbocycles. The number of thioether (sulfide) groups is 1. The van der Waals surface area contributed by atoms with E-state index < -0.39 is 30.5 Å². The molecule has 13 heteroatoms. The molecule has 0 aliphatic heterocycles. The van der Waals surface area contributed by atoms with E-state index in [1.807, 2.05) is 6.07 Å². The first-order valence-electron chi connectivity index (χ1n) is 8.43. The minimum atomic E-state index is -1.29. The second-order valence-corrected chi connectivity index (χ2v) is 9.16. The molecule has 2 rings (SSSR count). The number of aromatic nitrogens is 2. The van der Waals surface area contributed by atoms with Crippen LogP contribution >= 0.6 is 50.6 Å². The van der Waals surface area contributed by atoms with Gasteiger partial charge in [0, 0.05) is 22.7 Å². The van der Waals surface area contributed by atoms with Crippen molar-refractivity contribution in [3.8, 4) is 6.07 Å². The number of nitriles is 1. The lowest BCUT2D eigenvalue weighted by Crippen LogP contribution is -2.42. The Hall–Kier alpha value is -1.43. The van der Waals surface area contributed by atoms with Crippen molar-refractivity contribution in [1.82, 2.24) is 15.3 Å². The van der Waals surface area contributed by atoms with E-state index in [-0.39, 0.29) is 11.4 Å². The third kappa shape index (κ3) is 7.07. The third-order valence-electron chi connectivity index (χ3n) is 3.59. The number of pyridine rings is 1. The van der Waals surface area contributed by atoms with Crippen molar-refractivity contribution in [3.05, 3.63) is 44.2 Å². The van der Waals surface area contributed by atoms with Crippen LogP contribution in [0.1, 0.15) is 17.6 Å². The number of rotatable bonds is 10. The minimum Gasteiger partial charge on any atom is -0.395 e. The van der Waals surface area contributed by atoms with Crippen LogP contribution in [0.4, 0.5) is 0 Å². The first kappa shape index (κ1) is 24.8. The maximum Gasteiger partial charge on any atom is 0.160 e. The predicted octanol–water partition coefficient (Wildman–Crippen LogP) is 1.87. The Morgan fingerprint density at radius 3 is 2.83 bits per heavy atom. The summed E-state index contributed by atoms with van der Waals surface area (Å²) in [6.07, 6.45) is -0.386. The lowest BCUT2D eigenvalue weighted by atomic mass is 10.2. The second-order valence-electron chi connectivity index (χ2n) is 5.88. The lowest BCUT2D eigenvalue weighted by Gasteiger charge is -2.28. The fourth-order valence-corrected chi connectivity index (χ4v) is 4.49. The van der Waals surface area contributed by atoms with Crippen molar-refractivity contribution in [3.63, 3.8) is 0 Å². The van der Waals surface area contributed by atoms with Crippen molar-refractivity contribution in [1.29, 1.82) is 5.26 Å². The normalized spacial score (nSPS) is 15.8. The first-order chi connectivity index (χ1) is 14.2. The number of ether oxygens (including phenoxy) is 1. The van der Waals surface area contributed by atoms with Crippen molar-refractivity contribution < 1.29 is 20.1 Å². The van der Waals surface area contributed by atoms with Gasteiger partial charge in [0.05, 0.1) is 22.9 Å². The second kappa shape index (κ2) is 11.8. The zero-order valence-corrected chi connectivity index (χ0v) is 19.5. The van der Waals surface area contributed by atoms with Gasteiger partial charge in [0.2, 0.25) is 0 Å². The summed E-state index contributed by atoms with van der Waals surface area (Å²) in [7, 11) is 0. The molecule has 0 aliphatic rings. The summed E-state index contributed by atoms with van der Waals surface area (Å²) >= 11 is 11.4. The smallest absolute Gasteiger partial charge is 0.160 e. The van der Waals surface area contributed by atoms with Crippen LogP contribution in [0, 0.1) is 11.3 Å². The van der Waals surface area contributed by atoms with E-state index in [0.29, 0.717) is 19.5 Å². The molecule has 0 spiro atoms. The lowest BCUT2D eigenvalue weighted by molar-refractivity contribution is -0.0978. The number of nitrogens with zero attached hydrogens (tertiary/aromatic N) is 3. The molecular weight excluding hydrogens is 518 g/mol. The number of halogens is 2. The standard InChI is InChI=1S/C17H19BrClN5O4S2/c1-8(26)13(6-25)28-17(30-9-2-10(18)12(3-20)22-4-9)15(27)23-5-11(21)16-24-14(19)7-29-16/h2,4-5,7-8,13,15,17,23,25-27H,6,21H2,1H3/b11-5-. The number of thiazole rings is 1. The third-order valence-corrected chi connectivity index (χ3v) is 6.51. The summed E-state index contributed by atoms with van der Waals surface area (Å²) in [5, 5.41) is 44.0. The van der Waals surface area contributed by atoms with Crippen LogP contribution in [0.2, 0.25) is 5.15 Å². The summed E-state index contributed by atoms with van der Waals surface area (Å²) in [6.45, 7) is 1.01. The number of nitrogens with two attached hydrogens (primary N) is 1. The largest absolute Gasteiger partial charge is 0.395 e. The van der Waals surface area contributed by atoms with Crippen molar-refractivity contribution in [2.75, 3.05) is 6.61 Å². The highest BCUT2D eigenvalue weighted by atomic mass is 79.9. The van der Waals surface area contributed by atoms with Gasteiger partial charge in [0.1, 0.15) is 22.3 Å². The van der Waals surface area contributed by atoms with Gasteiger partial charge in [-0.3, -0.25) is 0 Å².